The molecule has 0 spiro atoms. The monoisotopic (exact) mass is 450 g/mol. The van der Waals surface area contributed by atoms with Gasteiger partial charge in [-0.1, -0.05) is 17.7 Å². The van der Waals surface area contributed by atoms with E-state index in [0.29, 0.717) is 50.0 Å². The summed E-state index contributed by atoms with van der Waals surface area (Å²) in [6.07, 6.45) is 1.61. The maximum atomic E-state index is 13.2. The molecular weight excluding hydrogens is 428 g/mol. The number of hydrogen-bond acceptors (Lipinski definition) is 6. The molecule has 2 aliphatic heterocycles. The normalized spacial score (nSPS) is 18.0. The van der Waals surface area contributed by atoms with Crippen LogP contribution in [-0.4, -0.2) is 56.9 Å². The number of benzene rings is 2. The van der Waals surface area contributed by atoms with Crippen LogP contribution in [0.1, 0.15) is 12.8 Å². The van der Waals surface area contributed by atoms with Crippen LogP contribution in [0.4, 0.5) is 17.1 Å². The van der Waals surface area contributed by atoms with E-state index in [9.17, 15) is 18.5 Å². The van der Waals surface area contributed by atoms with Crippen molar-refractivity contribution < 1.29 is 13.3 Å². The fourth-order valence-corrected chi connectivity index (χ4v) is 5.96. The number of sulfonamides is 1. The molecule has 160 valence electrons. The van der Waals surface area contributed by atoms with Crippen LogP contribution in [0.25, 0.3) is 0 Å². The lowest BCUT2D eigenvalue weighted by Gasteiger charge is -2.38. The van der Waals surface area contributed by atoms with Crippen molar-refractivity contribution in [2.24, 2.45) is 0 Å². The molecule has 2 heterocycles. The molecule has 2 fully saturated rings. The Morgan fingerprint density at radius 1 is 0.900 bits per heavy atom. The zero-order valence-electron chi connectivity index (χ0n) is 16.4. The van der Waals surface area contributed by atoms with E-state index in [2.05, 4.69) is 4.90 Å². The van der Waals surface area contributed by atoms with Gasteiger partial charge in [-0.2, -0.15) is 4.31 Å². The van der Waals surface area contributed by atoms with Crippen molar-refractivity contribution in [3.8, 4) is 0 Å². The molecule has 0 aromatic heterocycles. The summed E-state index contributed by atoms with van der Waals surface area (Å²) >= 11 is 6.10. The van der Waals surface area contributed by atoms with Crippen LogP contribution >= 0.6 is 11.6 Å². The molecule has 2 aromatic rings. The third-order valence-corrected chi connectivity index (χ3v) is 7.79. The molecule has 10 heteroatoms. The first kappa shape index (κ1) is 20.9. The van der Waals surface area contributed by atoms with E-state index in [1.807, 2.05) is 29.2 Å². The number of nitrogens with zero attached hydrogens (tertiary/aromatic N) is 4. The average molecular weight is 451 g/mol. The van der Waals surface area contributed by atoms with Gasteiger partial charge in [-0.15, -0.1) is 0 Å². The Morgan fingerprint density at radius 2 is 1.57 bits per heavy atom. The first-order valence-corrected chi connectivity index (χ1v) is 11.7. The molecule has 0 aliphatic carbocycles. The molecule has 0 unspecified atom stereocenters. The highest BCUT2D eigenvalue weighted by Crippen LogP contribution is 2.34. The van der Waals surface area contributed by atoms with Gasteiger partial charge < -0.3 is 9.80 Å². The molecule has 0 saturated carbocycles. The number of rotatable bonds is 5. The van der Waals surface area contributed by atoms with Crippen LogP contribution < -0.4 is 9.80 Å². The number of nitro groups is 1. The average Bonchev–Trinajstić information content (AvgIpc) is 3.29. The minimum Gasteiger partial charge on any atom is -0.368 e. The lowest BCUT2D eigenvalue weighted by atomic mass is 10.2. The standard InChI is InChI=1S/C20H23ClN4O4S/c21-16-4-3-5-17(14-16)22-10-12-23(13-11-22)19-7-6-18(25(26)27)15-20(19)30(28,29)24-8-1-2-9-24/h3-7,14-15H,1-2,8-13H2. The summed E-state index contributed by atoms with van der Waals surface area (Å²) in [5, 5.41) is 12.0. The van der Waals surface area contributed by atoms with Crippen molar-refractivity contribution in [2.75, 3.05) is 49.1 Å². The van der Waals surface area contributed by atoms with Crippen LogP contribution in [0.3, 0.4) is 0 Å². The van der Waals surface area contributed by atoms with Gasteiger partial charge in [-0.3, -0.25) is 10.1 Å². The van der Waals surface area contributed by atoms with E-state index < -0.39 is 14.9 Å². The molecule has 2 aromatic carbocycles. The van der Waals surface area contributed by atoms with Crippen molar-refractivity contribution in [2.45, 2.75) is 17.7 Å². The van der Waals surface area contributed by atoms with E-state index >= 15 is 0 Å². The Kier molecular flexibility index (Phi) is 5.86. The van der Waals surface area contributed by atoms with Gasteiger partial charge in [0.25, 0.3) is 5.69 Å². The van der Waals surface area contributed by atoms with Gasteiger partial charge in [0.1, 0.15) is 4.90 Å². The summed E-state index contributed by atoms with van der Waals surface area (Å²) in [5.74, 6) is 0. The Bertz CT molecular complexity index is 1050. The molecule has 8 nitrogen and oxygen atoms in total. The van der Waals surface area contributed by atoms with Crippen LogP contribution in [0.15, 0.2) is 47.4 Å². The summed E-state index contributed by atoms with van der Waals surface area (Å²) in [6.45, 7) is 3.50. The lowest BCUT2D eigenvalue weighted by molar-refractivity contribution is -0.385. The second-order valence-electron chi connectivity index (χ2n) is 7.47. The van der Waals surface area contributed by atoms with E-state index in [-0.39, 0.29) is 10.6 Å². The third kappa shape index (κ3) is 4.10. The van der Waals surface area contributed by atoms with E-state index in [1.54, 1.807) is 6.07 Å². The second kappa shape index (κ2) is 8.41. The predicted octanol–water partition coefficient (Wildman–Crippen LogP) is 3.36. The van der Waals surface area contributed by atoms with Gasteiger partial charge in [-0.05, 0) is 37.1 Å². The summed E-state index contributed by atoms with van der Waals surface area (Å²) in [7, 11) is -3.79. The Hall–Kier alpha value is -2.36. The molecule has 30 heavy (non-hydrogen) atoms. The van der Waals surface area contributed by atoms with Crippen molar-refractivity contribution in [3.63, 3.8) is 0 Å². The minimum atomic E-state index is -3.79. The Balaban J connectivity index is 1.62. The lowest BCUT2D eigenvalue weighted by Crippen LogP contribution is -2.47. The SMILES string of the molecule is O=[N+]([O-])c1ccc(N2CCN(c3cccc(Cl)c3)CC2)c(S(=O)(=O)N2CCCC2)c1. The summed E-state index contributed by atoms with van der Waals surface area (Å²) in [5.41, 5.74) is 1.34. The zero-order valence-corrected chi connectivity index (χ0v) is 18.0. The van der Waals surface area contributed by atoms with Crippen molar-refractivity contribution in [3.05, 3.63) is 57.6 Å². The first-order chi connectivity index (χ1) is 14.4. The molecule has 0 radical (unpaired) electrons. The van der Waals surface area contributed by atoms with Crippen molar-refractivity contribution in [1.29, 1.82) is 0 Å². The van der Waals surface area contributed by atoms with Gasteiger partial charge >= 0.3 is 0 Å². The topological polar surface area (TPSA) is 87.0 Å². The van der Waals surface area contributed by atoms with E-state index in [0.717, 1.165) is 18.5 Å². The molecule has 2 aliphatic rings. The largest absolute Gasteiger partial charge is 0.368 e. The molecule has 2 saturated heterocycles. The van der Waals surface area contributed by atoms with Gasteiger partial charge in [-0.25, -0.2) is 8.42 Å². The molecule has 0 amide bonds. The molecule has 0 bridgehead atoms. The third-order valence-electron chi connectivity index (χ3n) is 5.63. The van der Waals surface area contributed by atoms with E-state index in [1.165, 1.54) is 16.4 Å². The summed E-state index contributed by atoms with van der Waals surface area (Å²) in [4.78, 5) is 14.9. The zero-order chi connectivity index (χ0) is 21.3. The number of piperazine rings is 1. The van der Waals surface area contributed by atoms with Gasteiger partial charge in [0.05, 0.1) is 10.6 Å². The summed E-state index contributed by atoms with van der Waals surface area (Å²) in [6, 6.07) is 11.8. The smallest absolute Gasteiger partial charge is 0.270 e. The van der Waals surface area contributed by atoms with Gasteiger partial charge in [0.15, 0.2) is 0 Å². The van der Waals surface area contributed by atoms with Crippen LogP contribution in [0.5, 0.6) is 0 Å². The highest BCUT2D eigenvalue weighted by molar-refractivity contribution is 7.89. The van der Waals surface area contributed by atoms with Crippen LogP contribution in [-0.2, 0) is 10.0 Å². The van der Waals surface area contributed by atoms with Crippen LogP contribution in [0.2, 0.25) is 5.02 Å². The number of non-ortho nitro benzene ring substituents is 1. The molecular formula is C20H23ClN4O4S. The van der Waals surface area contributed by atoms with Crippen LogP contribution in [0, 0.1) is 10.1 Å². The quantitative estimate of drug-likeness (QED) is 0.512. The van der Waals surface area contributed by atoms with Gasteiger partial charge in [0, 0.05) is 62.1 Å². The summed E-state index contributed by atoms with van der Waals surface area (Å²) < 4.78 is 27.9. The highest BCUT2D eigenvalue weighted by Gasteiger charge is 2.33. The molecule has 4 rings (SSSR count). The first-order valence-electron chi connectivity index (χ1n) is 9.90. The predicted molar refractivity (Wildman–Crippen MR) is 117 cm³/mol. The van der Waals surface area contributed by atoms with E-state index in [4.69, 9.17) is 11.6 Å². The Labute approximate surface area is 180 Å². The van der Waals surface area contributed by atoms with Crippen molar-refractivity contribution >= 4 is 38.7 Å². The number of nitro benzene ring substituents is 1. The maximum absolute atomic E-state index is 13.2. The second-order valence-corrected chi connectivity index (χ2v) is 9.82. The fraction of sp³-hybridized carbons (Fsp3) is 0.400. The molecule has 0 N–H and O–H groups in total. The number of anilines is 2. The highest BCUT2D eigenvalue weighted by atomic mass is 35.5. The molecule has 0 atom stereocenters. The van der Waals surface area contributed by atoms with Crippen molar-refractivity contribution in [1.82, 2.24) is 4.31 Å². The number of hydrogen-bond donors (Lipinski definition) is 0. The maximum Gasteiger partial charge on any atom is 0.270 e. The number of halogens is 1. The minimum absolute atomic E-state index is 0.0230. The Morgan fingerprint density at radius 3 is 2.20 bits per heavy atom. The van der Waals surface area contributed by atoms with Gasteiger partial charge in [0.2, 0.25) is 10.0 Å². The fourth-order valence-electron chi connectivity index (χ4n) is 4.03.